The molecule has 0 aromatic heterocycles. The zero-order valence-electron chi connectivity index (χ0n) is 13.3. The van der Waals surface area contributed by atoms with Gasteiger partial charge in [0.1, 0.15) is 11.6 Å². The van der Waals surface area contributed by atoms with E-state index in [2.05, 4.69) is 15.6 Å². The molecule has 2 rings (SSSR count). The van der Waals surface area contributed by atoms with Crippen molar-refractivity contribution in [3.05, 3.63) is 70.8 Å². The van der Waals surface area contributed by atoms with E-state index in [9.17, 15) is 8.78 Å². The molecule has 0 unspecified atom stereocenters. The fraction of sp³-hybridized carbons (Fsp3) is 0.222. The monoisotopic (exact) mass is 328 g/mol. The van der Waals surface area contributed by atoms with E-state index >= 15 is 0 Å². The highest BCUT2D eigenvalue weighted by molar-refractivity contribution is 5.79. The molecular weight excluding hydrogens is 310 g/mol. The number of halogens is 2. The van der Waals surface area contributed by atoms with Crippen molar-refractivity contribution in [1.29, 1.82) is 5.26 Å². The van der Waals surface area contributed by atoms with Crippen LogP contribution >= 0.6 is 0 Å². The maximum atomic E-state index is 13.7. The second kappa shape index (κ2) is 8.63. The highest BCUT2D eigenvalue weighted by Crippen LogP contribution is 2.10. The largest absolute Gasteiger partial charge is 0.356 e. The Labute approximate surface area is 139 Å². The van der Waals surface area contributed by atoms with Crippen molar-refractivity contribution < 1.29 is 8.78 Å². The third-order valence-electron chi connectivity index (χ3n) is 3.49. The van der Waals surface area contributed by atoms with Gasteiger partial charge in [-0.1, -0.05) is 18.2 Å². The van der Waals surface area contributed by atoms with Gasteiger partial charge in [-0.2, -0.15) is 5.26 Å². The third kappa shape index (κ3) is 4.78. The first-order valence-electron chi connectivity index (χ1n) is 7.50. The van der Waals surface area contributed by atoms with Crippen LogP contribution in [0.25, 0.3) is 0 Å². The van der Waals surface area contributed by atoms with Crippen LogP contribution in [-0.2, 0) is 13.0 Å². The number of rotatable bonds is 5. The van der Waals surface area contributed by atoms with E-state index in [0.29, 0.717) is 35.6 Å². The maximum Gasteiger partial charge on any atom is 0.191 e. The van der Waals surface area contributed by atoms with E-state index in [1.54, 1.807) is 25.2 Å². The van der Waals surface area contributed by atoms with Crippen LogP contribution in [0.5, 0.6) is 0 Å². The van der Waals surface area contributed by atoms with Gasteiger partial charge >= 0.3 is 0 Å². The smallest absolute Gasteiger partial charge is 0.191 e. The van der Waals surface area contributed by atoms with E-state index in [-0.39, 0.29) is 18.2 Å². The van der Waals surface area contributed by atoms with E-state index in [0.717, 1.165) is 0 Å². The molecule has 0 radical (unpaired) electrons. The van der Waals surface area contributed by atoms with Gasteiger partial charge in [-0.05, 0) is 36.2 Å². The average molecular weight is 328 g/mol. The van der Waals surface area contributed by atoms with Gasteiger partial charge in [0, 0.05) is 25.7 Å². The Morgan fingerprint density at radius 2 is 1.83 bits per heavy atom. The first-order chi connectivity index (χ1) is 11.6. The van der Waals surface area contributed by atoms with Gasteiger partial charge in [-0.25, -0.2) is 8.78 Å². The lowest BCUT2D eigenvalue weighted by atomic mass is 10.1. The predicted octanol–water partition coefficient (Wildman–Crippen LogP) is 2.74. The Balaban J connectivity index is 1.87. The molecule has 2 aromatic carbocycles. The topological polar surface area (TPSA) is 60.2 Å². The minimum atomic E-state index is -0.386. The quantitative estimate of drug-likeness (QED) is 0.655. The molecule has 0 aliphatic carbocycles. The molecule has 6 heteroatoms. The molecule has 2 N–H and O–H groups in total. The van der Waals surface area contributed by atoms with E-state index < -0.39 is 0 Å². The standard InChI is InChI=1S/C18H18F2N4/c1-22-18(23-9-8-14-4-2-3-5-16(14)19)24-12-15-10-13(11-21)6-7-17(15)20/h2-7,10H,8-9,12H2,1H3,(H2,22,23,24). The van der Waals surface area contributed by atoms with Gasteiger partial charge in [0.05, 0.1) is 11.6 Å². The number of hydrogen-bond acceptors (Lipinski definition) is 2. The van der Waals surface area contributed by atoms with Crippen LogP contribution in [0.2, 0.25) is 0 Å². The van der Waals surface area contributed by atoms with Gasteiger partial charge in [0.25, 0.3) is 0 Å². The number of guanidine groups is 1. The molecule has 124 valence electrons. The highest BCUT2D eigenvalue weighted by atomic mass is 19.1. The van der Waals surface area contributed by atoms with Crippen LogP contribution in [0.4, 0.5) is 8.78 Å². The van der Waals surface area contributed by atoms with E-state index in [4.69, 9.17) is 5.26 Å². The van der Waals surface area contributed by atoms with Gasteiger partial charge in [-0.3, -0.25) is 4.99 Å². The maximum absolute atomic E-state index is 13.7. The summed E-state index contributed by atoms with van der Waals surface area (Å²) in [6.45, 7) is 0.683. The van der Waals surface area contributed by atoms with Crippen LogP contribution in [0.1, 0.15) is 16.7 Å². The normalized spacial score (nSPS) is 11.0. The Hall–Kier alpha value is -2.94. The lowest BCUT2D eigenvalue weighted by Crippen LogP contribution is -2.38. The number of aliphatic imine (C=N–C) groups is 1. The summed E-state index contributed by atoms with van der Waals surface area (Å²) in [5.74, 6) is -0.144. The minimum absolute atomic E-state index is 0.195. The molecule has 0 bridgehead atoms. The van der Waals surface area contributed by atoms with Crippen molar-refractivity contribution in [3.63, 3.8) is 0 Å². The summed E-state index contributed by atoms with van der Waals surface area (Å²) in [7, 11) is 1.60. The Morgan fingerprint density at radius 3 is 2.54 bits per heavy atom. The second-order valence-corrected chi connectivity index (χ2v) is 5.11. The zero-order chi connectivity index (χ0) is 17.4. The first kappa shape index (κ1) is 17.4. The van der Waals surface area contributed by atoms with Crippen LogP contribution < -0.4 is 10.6 Å². The second-order valence-electron chi connectivity index (χ2n) is 5.11. The summed E-state index contributed by atoms with van der Waals surface area (Å²) in [6, 6.07) is 12.8. The molecule has 0 saturated carbocycles. The molecule has 0 spiro atoms. The van der Waals surface area contributed by atoms with E-state index in [1.165, 1.54) is 24.3 Å². The van der Waals surface area contributed by atoms with Crippen molar-refractivity contribution in [2.75, 3.05) is 13.6 Å². The van der Waals surface area contributed by atoms with Crippen LogP contribution in [0.3, 0.4) is 0 Å². The summed E-state index contributed by atoms with van der Waals surface area (Å²) in [6.07, 6.45) is 0.506. The fourth-order valence-electron chi connectivity index (χ4n) is 2.20. The van der Waals surface area contributed by atoms with Crippen LogP contribution in [0, 0.1) is 23.0 Å². The third-order valence-corrected chi connectivity index (χ3v) is 3.49. The Morgan fingerprint density at radius 1 is 1.08 bits per heavy atom. The summed E-state index contributed by atoms with van der Waals surface area (Å²) in [5.41, 5.74) is 1.40. The van der Waals surface area contributed by atoms with Crippen molar-refractivity contribution in [2.24, 2.45) is 4.99 Å². The van der Waals surface area contributed by atoms with E-state index in [1.807, 2.05) is 6.07 Å². The summed E-state index contributed by atoms with van der Waals surface area (Å²) >= 11 is 0. The van der Waals surface area contributed by atoms with Crippen molar-refractivity contribution >= 4 is 5.96 Å². The van der Waals surface area contributed by atoms with Crippen LogP contribution in [0.15, 0.2) is 47.5 Å². The summed E-state index contributed by atoms with van der Waals surface area (Å²) in [4.78, 5) is 4.04. The minimum Gasteiger partial charge on any atom is -0.356 e. The fourth-order valence-corrected chi connectivity index (χ4v) is 2.20. The molecule has 24 heavy (non-hydrogen) atoms. The molecule has 2 aromatic rings. The molecule has 0 aliphatic rings. The lowest BCUT2D eigenvalue weighted by molar-refractivity contribution is 0.601. The number of nitriles is 1. The molecule has 0 saturated heterocycles. The van der Waals surface area contributed by atoms with Crippen molar-refractivity contribution in [1.82, 2.24) is 10.6 Å². The predicted molar refractivity (Wildman–Crippen MR) is 89.4 cm³/mol. The molecule has 0 fully saturated rings. The summed E-state index contributed by atoms with van der Waals surface area (Å²) in [5, 5.41) is 14.9. The molecule has 4 nitrogen and oxygen atoms in total. The highest BCUT2D eigenvalue weighted by Gasteiger charge is 2.06. The molecule has 0 atom stereocenters. The number of nitrogens with zero attached hydrogens (tertiary/aromatic N) is 2. The van der Waals surface area contributed by atoms with Gasteiger partial charge in [-0.15, -0.1) is 0 Å². The van der Waals surface area contributed by atoms with Gasteiger partial charge < -0.3 is 10.6 Å². The average Bonchev–Trinajstić information content (AvgIpc) is 2.60. The molecular formula is C18H18F2N4. The lowest BCUT2D eigenvalue weighted by Gasteiger charge is -2.12. The van der Waals surface area contributed by atoms with Gasteiger partial charge in [0.15, 0.2) is 5.96 Å². The number of hydrogen-bond donors (Lipinski definition) is 2. The van der Waals surface area contributed by atoms with Crippen molar-refractivity contribution in [3.8, 4) is 6.07 Å². The first-order valence-corrected chi connectivity index (χ1v) is 7.50. The summed E-state index contributed by atoms with van der Waals surface area (Å²) < 4.78 is 27.3. The number of nitrogens with one attached hydrogen (secondary N) is 2. The zero-order valence-corrected chi connectivity index (χ0v) is 13.3. The molecule has 0 aliphatic heterocycles. The Kier molecular flexibility index (Phi) is 6.26. The Bertz CT molecular complexity index is 766. The number of benzene rings is 2. The van der Waals surface area contributed by atoms with Crippen molar-refractivity contribution in [2.45, 2.75) is 13.0 Å². The van der Waals surface area contributed by atoms with Gasteiger partial charge in [0.2, 0.25) is 0 Å². The molecule has 0 amide bonds. The van der Waals surface area contributed by atoms with Crippen LogP contribution in [-0.4, -0.2) is 19.6 Å². The SMILES string of the molecule is CN=C(NCCc1ccccc1F)NCc1cc(C#N)ccc1F. The molecule has 0 heterocycles.